The molecule has 1 atom stereocenters. The van der Waals surface area contributed by atoms with Crippen LogP contribution in [-0.4, -0.2) is 13.5 Å². The van der Waals surface area contributed by atoms with Crippen LogP contribution in [0.25, 0.3) is 0 Å². The van der Waals surface area contributed by atoms with Crippen LogP contribution in [0, 0.1) is 0 Å². The molecule has 1 unspecified atom stereocenters. The number of hydrogen-bond acceptors (Lipinski definition) is 5. The number of aliphatic hydroxyl groups excluding tert-OH is 1. The Balaban J connectivity index is 1.45. The monoisotopic (exact) mass is 419 g/mol. The van der Waals surface area contributed by atoms with Crippen LogP contribution in [0.1, 0.15) is 44.7 Å². The van der Waals surface area contributed by atoms with Crippen molar-refractivity contribution in [1.82, 2.24) is 4.72 Å². The van der Waals surface area contributed by atoms with E-state index < -0.39 is 16.1 Å². The van der Waals surface area contributed by atoms with Gasteiger partial charge in [-0.05, 0) is 72.5 Å². The Labute approximate surface area is 167 Å². The minimum atomic E-state index is -3.55. The summed E-state index contributed by atoms with van der Waals surface area (Å²) in [5.41, 5.74) is 2.42. The van der Waals surface area contributed by atoms with Crippen molar-refractivity contribution in [2.45, 2.75) is 43.2 Å². The van der Waals surface area contributed by atoms with Crippen LogP contribution in [0.2, 0.25) is 0 Å². The molecular weight excluding hydrogens is 398 g/mol. The van der Waals surface area contributed by atoms with Gasteiger partial charge in [-0.25, -0.2) is 13.1 Å². The summed E-state index contributed by atoms with van der Waals surface area (Å²) in [7, 11) is -3.55. The molecule has 3 aromatic rings. The first-order valence-electron chi connectivity index (χ1n) is 8.94. The van der Waals surface area contributed by atoms with Gasteiger partial charge in [0.25, 0.3) is 0 Å². The summed E-state index contributed by atoms with van der Waals surface area (Å²) in [5.74, 6) is 0. The molecule has 27 heavy (non-hydrogen) atoms. The summed E-state index contributed by atoms with van der Waals surface area (Å²) in [6, 6.07) is 13.0. The van der Waals surface area contributed by atoms with E-state index in [1.54, 1.807) is 6.07 Å². The molecule has 0 spiro atoms. The van der Waals surface area contributed by atoms with Gasteiger partial charge in [-0.1, -0.05) is 12.1 Å². The highest BCUT2D eigenvalue weighted by Gasteiger charge is 2.19. The fourth-order valence-electron chi connectivity index (χ4n) is 3.35. The molecule has 7 heteroatoms. The van der Waals surface area contributed by atoms with Gasteiger partial charge in [0.05, 0.1) is 4.90 Å². The van der Waals surface area contributed by atoms with Crippen LogP contribution in [0.3, 0.4) is 0 Å². The molecule has 2 N–H and O–H groups in total. The normalized spacial score (nSPS) is 15.4. The molecule has 1 aromatic carbocycles. The fraction of sp³-hybridized carbons (Fsp3) is 0.300. The predicted molar refractivity (Wildman–Crippen MR) is 110 cm³/mol. The first kappa shape index (κ1) is 18.8. The third-order valence-electron chi connectivity index (χ3n) is 4.83. The first-order chi connectivity index (χ1) is 13.0. The summed E-state index contributed by atoms with van der Waals surface area (Å²) >= 11 is 2.93. The molecule has 1 aliphatic rings. The molecule has 2 heterocycles. The van der Waals surface area contributed by atoms with Gasteiger partial charge in [0.15, 0.2) is 0 Å². The van der Waals surface area contributed by atoms with Crippen molar-refractivity contribution in [3.63, 3.8) is 0 Å². The Bertz CT molecular complexity index is 1020. The summed E-state index contributed by atoms with van der Waals surface area (Å²) in [5, 5.41) is 12.3. The van der Waals surface area contributed by atoms with E-state index in [9.17, 15) is 13.5 Å². The topological polar surface area (TPSA) is 66.4 Å². The quantitative estimate of drug-likeness (QED) is 0.628. The molecule has 1 aliphatic carbocycles. The number of aliphatic hydroxyl groups is 1. The molecule has 0 radical (unpaired) electrons. The van der Waals surface area contributed by atoms with Crippen LogP contribution >= 0.6 is 22.7 Å². The number of benzene rings is 1. The van der Waals surface area contributed by atoms with E-state index in [1.807, 2.05) is 41.8 Å². The van der Waals surface area contributed by atoms with E-state index in [0.29, 0.717) is 4.90 Å². The number of hydrogen-bond donors (Lipinski definition) is 2. The van der Waals surface area contributed by atoms with Crippen LogP contribution in [-0.2, 0) is 29.4 Å². The number of thiophene rings is 2. The van der Waals surface area contributed by atoms with Gasteiger partial charge in [0, 0.05) is 21.2 Å². The van der Waals surface area contributed by atoms with E-state index in [0.717, 1.165) is 39.5 Å². The van der Waals surface area contributed by atoms with Gasteiger partial charge < -0.3 is 5.11 Å². The van der Waals surface area contributed by atoms with E-state index in [1.165, 1.54) is 34.7 Å². The molecule has 0 aliphatic heterocycles. The zero-order chi connectivity index (χ0) is 18.9. The maximum absolute atomic E-state index is 12.7. The lowest BCUT2D eigenvalue weighted by Crippen LogP contribution is -2.23. The van der Waals surface area contributed by atoms with E-state index in [-0.39, 0.29) is 6.54 Å². The van der Waals surface area contributed by atoms with Gasteiger partial charge in [-0.2, -0.15) is 0 Å². The van der Waals surface area contributed by atoms with Gasteiger partial charge in [0.1, 0.15) is 6.10 Å². The van der Waals surface area contributed by atoms with Crippen molar-refractivity contribution in [3.8, 4) is 0 Å². The highest BCUT2D eigenvalue weighted by atomic mass is 32.2. The Morgan fingerprint density at radius 2 is 1.85 bits per heavy atom. The second-order valence-electron chi connectivity index (χ2n) is 6.68. The molecule has 0 amide bonds. The lowest BCUT2D eigenvalue weighted by Gasteiger charge is -2.16. The maximum Gasteiger partial charge on any atom is 0.240 e. The van der Waals surface area contributed by atoms with Gasteiger partial charge in [-0.3, -0.25) is 0 Å². The molecule has 142 valence electrons. The average molecular weight is 420 g/mol. The van der Waals surface area contributed by atoms with Crippen LogP contribution in [0.15, 0.2) is 52.7 Å². The standard InChI is InChI=1S/C20H21NO3S3/c22-20(18-6-3-11-25-18)19-10-8-16(26-19)13-21-27(23,24)17-9-7-14-4-1-2-5-15(14)12-17/h3,6-12,20-22H,1-2,4-5,13H2. The van der Waals surface area contributed by atoms with Crippen molar-refractivity contribution < 1.29 is 13.5 Å². The highest BCUT2D eigenvalue weighted by molar-refractivity contribution is 7.89. The smallest absolute Gasteiger partial charge is 0.240 e. The minimum Gasteiger partial charge on any atom is -0.382 e. The van der Waals surface area contributed by atoms with Crippen LogP contribution in [0.5, 0.6) is 0 Å². The number of rotatable bonds is 6. The van der Waals surface area contributed by atoms with Gasteiger partial charge in [0.2, 0.25) is 10.0 Å². The highest BCUT2D eigenvalue weighted by Crippen LogP contribution is 2.31. The third kappa shape index (κ3) is 4.17. The van der Waals surface area contributed by atoms with E-state index in [4.69, 9.17) is 0 Å². The Hall–Kier alpha value is -1.51. The lowest BCUT2D eigenvalue weighted by molar-refractivity contribution is 0.228. The molecular formula is C20H21NO3S3. The molecule has 0 saturated carbocycles. The van der Waals surface area contributed by atoms with Crippen molar-refractivity contribution in [3.05, 3.63) is 73.6 Å². The number of fused-ring (bicyclic) bond motifs is 1. The third-order valence-corrected chi connectivity index (χ3v) is 8.29. The van der Waals surface area contributed by atoms with Crippen molar-refractivity contribution >= 4 is 32.7 Å². The summed E-state index contributed by atoms with van der Waals surface area (Å²) < 4.78 is 28.0. The summed E-state index contributed by atoms with van der Waals surface area (Å²) in [4.78, 5) is 2.92. The Kier molecular flexibility index (Phi) is 5.48. The molecule has 4 rings (SSSR count). The summed E-state index contributed by atoms with van der Waals surface area (Å²) in [6.45, 7) is 0.223. The van der Waals surface area contributed by atoms with Crippen LogP contribution in [0.4, 0.5) is 0 Å². The molecule has 0 fully saturated rings. The first-order valence-corrected chi connectivity index (χ1v) is 12.1. The van der Waals surface area contributed by atoms with Crippen molar-refractivity contribution in [2.75, 3.05) is 0 Å². The largest absolute Gasteiger partial charge is 0.382 e. The van der Waals surface area contributed by atoms with Crippen molar-refractivity contribution in [1.29, 1.82) is 0 Å². The summed E-state index contributed by atoms with van der Waals surface area (Å²) in [6.07, 6.45) is 3.63. The minimum absolute atomic E-state index is 0.223. The molecule has 0 bridgehead atoms. The average Bonchev–Trinajstić information content (AvgIpc) is 3.37. The molecule has 0 saturated heterocycles. The van der Waals surface area contributed by atoms with Gasteiger partial charge >= 0.3 is 0 Å². The van der Waals surface area contributed by atoms with E-state index >= 15 is 0 Å². The molecule has 2 aromatic heterocycles. The fourth-order valence-corrected chi connectivity index (χ4v) is 6.26. The zero-order valence-electron chi connectivity index (χ0n) is 14.7. The van der Waals surface area contributed by atoms with Gasteiger partial charge in [-0.15, -0.1) is 22.7 Å². The molecule has 4 nitrogen and oxygen atoms in total. The second kappa shape index (κ2) is 7.85. The second-order valence-corrected chi connectivity index (χ2v) is 10.6. The number of aryl methyl sites for hydroxylation is 2. The Morgan fingerprint density at radius 1 is 1.04 bits per heavy atom. The predicted octanol–water partition coefficient (Wildman–Crippen LogP) is 4.25. The lowest BCUT2D eigenvalue weighted by atomic mass is 9.92. The Morgan fingerprint density at radius 3 is 2.63 bits per heavy atom. The SMILES string of the molecule is O=S(=O)(NCc1ccc(C(O)c2cccs2)s1)c1ccc2c(c1)CCCC2. The number of sulfonamides is 1. The maximum atomic E-state index is 12.7. The number of nitrogens with one attached hydrogen (secondary N) is 1. The zero-order valence-corrected chi connectivity index (χ0v) is 17.2. The van der Waals surface area contributed by atoms with Crippen molar-refractivity contribution in [2.24, 2.45) is 0 Å². The van der Waals surface area contributed by atoms with E-state index in [2.05, 4.69) is 4.72 Å². The van der Waals surface area contributed by atoms with Crippen LogP contribution < -0.4 is 4.72 Å².